The summed E-state index contributed by atoms with van der Waals surface area (Å²) >= 11 is 0. The zero-order valence-corrected chi connectivity index (χ0v) is 26.8. The van der Waals surface area contributed by atoms with Crippen LogP contribution in [0.2, 0.25) is 0 Å². The quantitative estimate of drug-likeness (QED) is 0.0931. The molecule has 1 aliphatic heterocycles. The molecule has 3 aliphatic rings. The van der Waals surface area contributed by atoms with Crippen molar-refractivity contribution in [2.45, 2.75) is 35.7 Å². The molecule has 0 saturated carbocycles. The van der Waals surface area contributed by atoms with Crippen LogP contribution in [0.4, 0.5) is 0 Å². The minimum absolute atomic E-state index is 0.0388. The van der Waals surface area contributed by atoms with E-state index in [2.05, 4.69) is 0 Å². The molecular formula is C42H32O9. The lowest BCUT2D eigenvalue weighted by molar-refractivity contribution is 0.220. The molecule has 9 nitrogen and oxygen atoms in total. The number of hydrogen-bond donors (Lipinski definition) is 8. The van der Waals surface area contributed by atoms with Crippen molar-refractivity contribution in [1.29, 1.82) is 0 Å². The maximum atomic E-state index is 12.0. The molecule has 1 heterocycles. The third-order valence-corrected chi connectivity index (χ3v) is 10.9. The first-order chi connectivity index (χ1) is 24.6. The van der Waals surface area contributed by atoms with Crippen molar-refractivity contribution in [3.8, 4) is 51.7 Å². The lowest BCUT2D eigenvalue weighted by atomic mass is 9.63. The first-order valence-corrected chi connectivity index (χ1v) is 16.6. The molecule has 6 aromatic carbocycles. The molecule has 9 rings (SSSR count). The molecule has 0 unspecified atom stereocenters. The van der Waals surface area contributed by atoms with Gasteiger partial charge in [-0.2, -0.15) is 0 Å². The Morgan fingerprint density at radius 2 is 0.745 bits per heavy atom. The van der Waals surface area contributed by atoms with Crippen LogP contribution in [-0.4, -0.2) is 40.9 Å². The third kappa shape index (κ3) is 4.61. The van der Waals surface area contributed by atoms with Crippen LogP contribution in [0.15, 0.2) is 109 Å². The zero-order chi connectivity index (χ0) is 35.3. The Labute approximate surface area is 291 Å². The van der Waals surface area contributed by atoms with E-state index in [1.165, 1.54) is 12.1 Å². The summed E-state index contributed by atoms with van der Waals surface area (Å²) in [6, 6.07) is 29.0. The number of phenols is 8. The molecule has 8 N–H and O–H groups in total. The van der Waals surface area contributed by atoms with Crippen LogP contribution in [0, 0.1) is 0 Å². The molecular weight excluding hydrogens is 648 g/mol. The summed E-state index contributed by atoms with van der Waals surface area (Å²) in [6.07, 6.45) is -0.716. The van der Waals surface area contributed by atoms with Crippen molar-refractivity contribution in [1.82, 2.24) is 0 Å². The number of benzene rings is 6. The largest absolute Gasteiger partial charge is 0.508 e. The summed E-state index contributed by atoms with van der Waals surface area (Å²) in [6.45, 7) is 0. The van der Waals surface area contributed by atoms with Crippen molar-refractivity contribution in [3.63, 3.8) is 0 Å². The Bertz CT molecular complexity index is 2350. The Hall–Kier alpha value is -6.48. The Morgan fingerprint density at radius 1 is 0.353 bits per heavy atom. The summed E-state index contributed by atoms with van der Waals surface area (Å²) in [5.41, 5.74) is 5.78. The first kappa shape index (κ1) is 30.6. The van der Waals surface area contributed by atoms with E-state index in [0.717, 1.165) is 11.1 Å². The Balaban J connectivity index is 1.44. The van der Waals surface area contributed by atoms with Crippen molar-refractivity contribution in [2.24, 2.45) is 0 Å². The lowest BCUT2D eigenvalue weighted by Crippen LogP contribution is -2.26. The molecule has 254 valence electrons. The monoisotopic (exact) mass is 680 g/mol. The van der Waals surface area contributed by atoms with E-state index in [4.69, 9.17) is 4.74 Å². The van der Waals surface area contributed by atoms with E-state index in [0.29, 0.717) is 44.7 Å². The van der Waals surface area contributed by atoms with Crippen molar-refractivity contribution < 1.29 is 45.6 Å². The number of hydrogen-bond acceptors (Lipinski definition) is 9. The molecule has 0 radical (unpaired) electrons. The van der Waals surface area contributed by atoms with Gasteiger partial charge in [-0.1, -0.05) is 36.4 Å². The summed E-state index contributed by atoms with van der Waals surface area (Å²) in [7, 11) is 0. The van der Waals surface area contributed by atoms with Gasteiger partial charge in [-0.15, -0.1) is 0 Å². The van der Waals surface area contributed by atoms with Gasteiger partial charge in [0.15, 0.2) is 0 Å². The minimum Gasteiger partial charge on any atom is -0.508 e. The van der Waals surface area contributed by atoms with Gasteiger partial charge in [0, 0.05) is 58.6 Å². The predicted octanol–water partition coefficient (Wildman–Crippen LogP) is 7.76. The molecule has 2 aliphatic carbocycles. The fourth-order valence-corrected chi connectivity index (χ4v) is 9.07. The molecule has 51 heavy (non-hydrogen) atoms. The number of fused-ring (bicyclic) bond motifs is 6. The highest BCUT2D eigenvalue weighted by Crippen LogP contribution is 2.69. The molecule has 6 atom stereocenters. The van der Waals surface area contributed by atoms with Gasteiger partial charge in [0.25, 0.3) is 0 Å². The summed E-state index contributed by atoms with van der Waals surface area (Å²) in [5, 5.41) is 87.9. The standard InChI is InChI=1S/C42H32O9/c43-22-7-1-19(2-8-22)34-36-28(13-25(46)16-31(36)49)39-35(20-3-9-23(44)10-4-20)37-29(14-26(47)17-32(37)50)41-38-30(40(34)39)15-27(48)18-33(38)51-42(41)21-5-11-24(45)12-6-21/h1-18,34-35,39-50H/t34-,35-,39+,40+,41+,42-/m1/s1. The van der Waals surface area contributed by atoms with Crippen LogP contribution in [0.1, 0.15) is 85.8 Å². The molecule has 0 amide bonds. The summed E-state index contributed by atoms with van der Waals surface area (Å²) in [5.74, 6) is -3.24. The second-order valence-corrected chi connectivity index (χ2v) is 13.7. The normalized spacial score (nSPS) is 22.5. The van der Waals surface area contributed by atoms with Gasteiger partial charge in [-0.3, -0.25) is 0 Å². The van der Waals surface area contributed by atoms with Gasteiger partial charge in [0.2, 0.25) is 0 Å². The minimum atomic E-state index is -0.716. The molecule has 0 aromatic heterocycles. The van der Waals surface area contributed by atoms with Crippen LogP contribution < -0.4 is 4.74 Å². The third-order valence-electron chi connectivity index (χ3n) is 10.9. The first-order valence-electron chi connectivity index (χ1n) is 16.6. The van der Waals surface area contributed by atoms with Crippen LogP contribution in [-0.2, 0) is 0 Å². The highest BCUT2D eigenvalue weighted by Gasteiger charge is 2.54. The van der Waals surface area contributed by atoms with E-state index in [9.17, 15) is 40.9 Å². The number of rotatable bonds is 3. The van der Waals surface area contributed by atoms with E-state index >= 15 is 0 Å². The maximum Gasteiger partial charge on any atom is 0.135 e. The van der Waals surface area contributed by atoms with Crippen LogP contribution in [0.25, 0.3) is 0 Å². The molecule has 0 bridgehead atoms. The fraction of sp³-hybridized carbons (Fsp3) is 0.143. The van der Waals surface area contributed by atoms with Gasteiger partial charge in [0.1, 0.15) is 57.8 Å². The number of ether oxygens (including phenoxy) is 1. The topological polar surface area (TPSA) is 171 Å². The van der Waals surface area contributed by atoms with E-state index in [1.54, 1.807) is 97.1 Å². The van der Waals surface area contributed by atoms with Gasteiger partial charge >= 0.3 is 0 Å². The number of phenolic OH excluding ortho intramolecular Hbond substituents is 8. The summed E-state index contributed by atoms with van der Waals surface area (Å²) in [4.78, 5) is 0. The highest BCUT2D eigenvalue weighted by atomic mass is 16.5. The van der Waals surface area contributed by atoms with Gasteiger partial charge < -0.3 is 45.6 Å². The van der Waals surface area contributed by atoms with Crippen LogP contribution in [0.3, 0.4) is 0 Å². The molecule has 0 fully saturated rings. The predicted molar refractivity (Wildman–Crippen MR) is 186 cm³/mol. The van der Waals surface area contributed by atoms with Crippen LogP contribution in [0.5, 0.6) is 51.7 Å². The summed E-state index contributed by atoms with van der Waals surface area (Å²) < 4.78 is 6.71. The van der Waals surface area contributed by atoms with Crippen molar-refractivity contribution >= 4 is 0 Å². The average molecular weight is 681 g/mol. The van der Waals surface area contributed by atoms with Gasteiger partial charge in [0.05, 0.1) is 5.92 Å². The second-order valence-electron chi connectivity index (χ2n) is 13.7. The van der Waals surface area contributed by atoms with Gasteiger partial charge in [-0.25, -0.2) is 0 Å². The molecule has 9 heteroatoms. The molecule has 0 saturated heterocycles. The van der Waals surface area contributed by atoms with Crippen molar-refractivity contribution in [3.05, 3.63) is 159 Å². The van der Waals surface area contributed by atoms with E-state index < -0.39 is 35.7 Å². The molecule has 6 aromatic rings. The van der Waals surface area contributed by atoms with Gasteiger partial charge in [-0.05, 0) is 88.0 Å². The van der Waals surface area contributed by atoms with Crippen LogP contribution >= 0.6 is 0 Å². The molecule has 0 spiro atoms. The smallest absolute Gasteiger partial charge is 0.135 e. The second kappa shape index (κ2) is 11.0. The number of aromatic hydroxyl groups is 8. The average Bonchev–Trinajstić information content (AvgIpc) is 3.62. The fourth-order valence-electron chi connectivity index (χ4n) is 9.07. The zero-order valence-electron chi connectivity index (χ0n) is 26.8. The Morgan fingerprint density at radius 3 is 1.24 bits per heavy atom. The van der Waals surface area contributed by atoms with E-state index in [1.807, 2.05) is 0 Å². The Kier molecular flexibility index (Phi) is 6.60. The van der Waals surface area contributed by atoms with Crippen molar-refractivity contribution in [2.75, 3.05) is 0 Å². The lowest BCUT2D eigenvalue weighted by Gasteiger charge is -2.39. The highest BCUT2D eigenvalue weighted by molar-refractivity contribution is 5.69. The van der Waals surface area contributed by atoms with E-state index in [-0.39, 0.29) is 46.0 Å². The maximum absolute atomic E-state index is 12.0. The SMILES string of the molecule is Oc1ccc([C@@H]2c3c(O)cc(O)cc3[C@H]3c4c(cc(O)cc4[C@H]4[C@H](c5ccc(O)cc5)c5c(O)cc(O)cc5[C@@H]24)O[C@@H]3c2ccc(O)cc2)cc1.